The second-order valence-corrected chi connectivity index (χ2v) is 17.9. The number of ether oxygens (including phenoxy) is 3. The first-order valence-corrected chi connectivity index (χ1v) is 21.9. The maximum Gasteiger partial charge on any atom is 0.255 e. The van der Waals surface area contributed by atoms with Crippen LogP contribution in [0, 0.1) is 5.92 Å². The summed E-state index contributed by atoms with van der Waals surface area (Å²) < 4.78 is 18.9. The summed E-state index contributed by atoms with van der Waals surface area (Å²) in [5.74, 6) is 2.32. The van der Waals surface area contributed by atoms with Crippen LogP contribution in [-0.4, -0.2) is 124 Å². The minimum Gasteiger partial charge on any atom is -0.494 e. The molecule has 6 aliphatic rings. The normalized spacial score (nSPS) is 24.8. The molecule has 15 heteroatoms. The second-order valence-electron chi connectivity index (χ2n) is 17.9. The average Bonchev–Trinajstić information content (AvgIpc) is 3.68. The van der Waals surface area contributed by atoms with Crippen molar-refractivity contribution >= 4 is 40.1 Å². The van der Waals surface area contributed by atoms with E-state index in [4.69, 9.17) is 14.2 Å². The molecule has 4 aliphatic heterocycles. The van der Waals surface area contributed by atoms with E-state index >= 15 is 0 Å². The number of anilines is 2. The number of aromatic amines is 1. The lowest BCUT2D eigenvalue weighted by atomic mass is 9.86. The van der Waals surface area contributed by atoms with Gasteiger partial charge in [-0.25, -0.2) is 9.97 Å². The van der Waals surface area contributed by atoms with Gasteiger partial charge in [-0.2, -0.15) is 5.10 Å². The van der Waals surface area contributed by atoms with Crippen LogP contribution in [0.3, 0.4) is 0 Å². The Morgan fingerprint density at radius 3 is 2.38 bits per heavy atom. The van der Waals surface area contributed by atoms with E-state index in [0.29, 0.717) is 36.3 Å². The molecule has 60 heavy (non-hydrogen) atoms. The molecule has 3 saturated heterocycles. The molecule has 2 N–H and O–H groups in total. The highest BCUT2D eigenvalue weighted by molar-refractivity contribution is 6.06. The van der Waals surface area contributed by atoms with Gasteiger partial charge >= 0.3 is 0 Å². The largest absolute Gasteiger partial charge is 0.494 e. The lowest BCUT2D eigenvalue weighted by Crippen LogP contribution is -2.52. The van der Waals surface area contributed by atoms with E-state index in [1.165, 1.54) is 12.8 Å². The van der Waals surface area contributed by atoms with Crippen molar-refractivity contribution in [2.75, 3.05) is 62.7 Å². The fraction of sp³-hybridized carbons (Fsp3) is 0.556. The van der Waals surface area contributed by atoms with Gasteiger partial charge in [-0.3, -0.25) is 29.7 Å². The maximum absolute atomic E-state index is 13.4. The van der Waals surface area contributed by atoms with Crippen LogP contribution in [0.5, 0.6) is 11.5 Å². The molecule has 10 rings (SSSR count). The molecule has 5 fully saturated rings. The Kier molecular flexibility index (Phi) is 10.3. The summed E-state index contributed by atoms with van der Waals surface area (Å²) in [6.07, 6.45) is 11.4. The molecule has 0 bridgehead atoms. The summed E-state index contributed by atoms with van der Waals surface area (Å²) in [5.41, 5.74) is 4.93. The third-order valence-corrected chi connectivity index (χ3v) is 13.8. The van der Waals surface area contributed by atoms with E-state index in [1.54, 1.807) is 18.3 Å². The molecule has 2 aromatic carbocycles. The molecule has 2 saturated carbocycles. The van der Waals surface area contributed by atoms with Gasteiger partial charge in [0, 0.05) is 74.8 Å². The van der Waals surface area contributed by atoms with Crippen LogP contribution in [0.1, 0.15) is 87.1 Å². The number of methoxy groups -OCH3 is 1. The number of imide groups is 1. The van der Waals surface area contributed by atoms with Gasteiger partial charge < -0.3 is 28.9 Å². The number of fused-ring (bicyclic) bond motifs is 2. The first-order chi connectivity index (χ1) is 29.2. The summed E-state index contributed by atoms with van der Waals surface area (Å²) >= 11 is 0. The SMILES string of the molecule is COc1c(N2CCC(O[C@H]3CC[C@H](CN4CCN(c5cc(-c6[nH]nc7ccc(OC8(C)CC8)cc67)ncn5)CC4)CC3)CC2)ccc2c1CN(C1CCC(=O)NC1=O)C2=O. The van der Waals surface area contributed by atoms with Gasteiger partial charge in [-0.15, -0.1) is 0 Å². The fourth-order valence-electron chi connectivity index (χ4n) is 10.0. The predicted molar refractivity (Wildman–Crippen MR) is 225 cm³/mol. The number of nitrogens with one attached hydrogen (secondary N) is 2. The Hall–Kier alpha value is -5.28. The topological polar surface area (TPSA) is 158 Å². The van der Waals surface area contributed by atoms with Gasteiger partial charge in [0.2, 0.25) is 11.8 Å². The van der Waals surface area contributed by atoms with Crippen molar-refractivity contribution in [3.8, 4) is 22.9 Å². The van der Waals surface area contributed by atoms with E-state index < -0.39 is 11.9 Å². The van der Waals surface area contributed by atoms with Crippen LogP contribution < -0.4 is 24.6 Å². The molecule has 1 atom stereocenters. The maximum atomic E-state index is 13.4. The van der Waals surface area contributed by atoms with E-state index in [9.17, 15) is 14.4 Å². The van der Waals surface area contributed by atoms with Crippen LogP contribution in [0.2, 0.25) is 0 Å². The smallest absolute Gasteiger partial charge is 0.255 e. The lowest BCUT2D eigenvalue weighted by Gasteiger charge is -2.40. The number of piperazine rings is 1. The minimum atomic E-state index is -0.651. The molecule has 4 aromatic rings. The van der Waals surface area contributed by atoms with Crippen LogP contribution >= 0.6 is 0 Å². The molecule has 2 aliphatic carbocycles. The number of carbonyl (C=O) groups is 3. The number of nitrogens with zero attached hydrogens (tertiary/aromatic N) is 7. The van der Waals surface area contributed by atoms with Crippen molar-refractivity contribution in [3.63, 3.8) is 0 Å². The third-order valence-electron chi connectivity index (χ3n) is 13.8. The van der Waals surface area contributed by atoms with Gasteiger partial charge in [0.15, 0.2) is 0 Å². The number of rotatable bonds is 11. The van der Waals surface area contributed by atoms with E-state index in [-0.39, 0.29) is 29.9 Å². The molecule has 6 heterocycles. The zero-order chi connectivity index (χ0) is 41.0. The van der Waals surface area contributed by atoms with Gasteiger partial charge in [0.05, 0.1) is 48.5 Å². The standard InChI is InChI=1S/C45H55N9O6/c1-45(15-16-45)60-31-7-9-35-33(23-31)41(50-49-35)36-24-39(47-27-46-36)53-21-19-51(20-22-53)25-28-3-5-29(6-4-28)59-30-13-17-52(18-14-30)37-10-8-32-34(42(37)58-2)26-54(44(32)57)38-11-12-40(55)48-43(38)56/h7-10,23-24,27-30,38H,3-6,11-22,25-26H2,1-2H3,(H,49,50)(H,48,55,56)/t28-,29-,38?. The molecule has 316 valence electrons. The van der Waals surface area contributed by atoms with Crippen molar-refractivity contribution in [1.82, 2.24) is 35.3 Å². The number of piperidine rings is 2. The molecule has 15 nitrogen and oxygen atoms in total. The monoisotopic (exact) mass is 817 g/mol. The van der Waals surface area contributed by atoms with E-state index in [0.717, 1.165) is 129 Å². The van der Waals surface area contributed by atoms with Gasteiger partial charge in [0.1, 0.15) is 35.3 Å². The number of hydrogen-bond donors (Lipinski definition) is 2. The predicted octanol–water partition coefficient (Wildman–Crippen LogP) is 5.09. The van der Waals surface area contributed by atoms with Gasteiger partial charge in [-0.05, 0) is 101 Å². The molecular weight excluding hydrogens is 763 g/mol. The van der Waals surface area contributed by atoms with Crippen molar-refractivity contribution in [1.29, 1.82) is 0 Å². The summed E-state index contributed by atoms with van der Waals surface area (Å²) in [6, 6.07) is 11.3. The zero-order valence-corrected chi connectivity index (χ0v) is 34.7. The summed E-state index contributed by atoms with van der Waals surface area (Å²) in [5, 5.41) is 11.1. The molecular formula is C45H55N9O6. The Morgan fingerprint density at radius 1 is 0.850 bits per heavy atom. The van der Waals surface area contributed by atoms with Crippen molar-refractivity contribution in [3.05, 3.63) is 53.9 Å². The van der Waals surface area contributed by atoms with E-state index in [2.05, 4.69) is 59.2 Å². The van der Waals surface area contributed by atoms with Crippen LogP contribution in [0.15, 0.2) is 42.7 Å². The highest BCUT2D eigenvalue weighted by Gasteiger charge is 2.42. The Balaban J connectivity index is 0.673. The van der Waals surface area contributed by atoms with Crippen molar-refractivity contribution in [2.24, 2.45) is 5.92 Å². The fourth-order valence-corrected chi connectivity index (χ4v) is 10.0. The van der Waals surface area contributed by atoms with Gasteiger partial charge in [-0.1, -0.05) is 0 Å². The van der Waals surface area contributed by atoms with Crippen LogP contribution in [0.25, 0.3) is 22.3 Å². The van der Waals surface area contributed by atoms with Gasteiger partial charge in [0.25, 0.3) is 5.91 Å². The molecule has 1 unspecified atom stereocenters. The highest BCUT2D eigenvalue weighted by Crippen LogP contribution is 2.42. The number of aromatic nitrogens is 4. The third kappa shape index (κ3) is 7.77. The average molecular weight is 818 g/mol. The quantitative estimate of drug-likeness (QED) is 0.194. The van der Waals surface area contributed by atoms with Crippen molar-refractivity contribution < 1.29 is 28.6 Å². The first-order valence-electron chi connectivity index (χ1n) is 21.9. The van der Waals surface area contributed by atoms with Crippen LogP contribution in [0.4, 0.5) is 11.5 Å². The Bertz CT molecular complexity index is 2270. The number of hydrogen-bond acceptors (Lipinski definition) is 12. The first kappa shape index (κ1) is 38.9. The zero-order valence-electron chi connectivity index (χ0n) is 34.7. The molecule has 3 amide bonds. The Labute approximate surface area is 350 Å². The highest BCUT2D eigenvalue weighted by atomic mass is 16.5. The Morgan fingerprint density at radius 2 is 1.63 bits per heavy atom. The second kappa shape index (κ2) is 16.0. The molecule has 0 radical (unpaired) electrons. The molecule has 2 aromatic heterocycles. The van der Waals surface area contributed by atoms with E-state index in [1.807, 2.05) is 24.3 Å². The summed E-state index contributed by atoms with van der Waals surface area (Å²) in [7, 11) is 1.64. The number of amides is 3. The molecule has 0 spiro atoms. The number of benzene rings is 2. The van der Waals surface area contributed by atoms with Crippen LogP contribution in [-0.2, 0) is 20.9 Å². The lowest BCUT2D eigenvalue weighted by molar-refractivity contribution is -0.136. The van der Waals surface area contributed by atoms with Crippen molar-refractivity contribution in [2.45, 2.75) is 102 Å². The number of carbonyl (C=O) groups excluding carboxylic acids is 3. The number of H-pyrrole nitrogens is 1. The minimum absolute atomic E-state index is 0.0427. The summed E-state index contributed by atoms with van der Waals surface area (Å²) in [4.78, 5) is 55.9. The summed E-state index contributed by atoms with van der Waals surface area (Å²) in [6.45, 7) is 9.18.